The van der Waals surface area contributed by atoms with E-state index in [9.17, 15) is 9.18 Å². The Kier molecular flexibility index (Phi) is 3.85. The Labute approximate surface area is 144 Å². The van der Waals surface area contributed by atoms with Gasteiger partial charge < -0.3 is 0 Å². The lowest BCUT2D eigenvalue weighted by atomic mass is 10.1. The van der Waals surface area contributed by atoms with Gasteiger partial charge in [-0.1, -0.05) is 30.3 Å². The van der Waals surface area contributed by atoms with E-state index in [1.165, 1.54) is 11.1 Å². The van der Waals surface area contributed by atoms with Gasteiger partial charge in [0.1, 0.15) is 12.4 Å². The molecule has 2 aromatic carbocycles. The van der Waals surface area contributed by atoms with E-state index in [1.807, 2.05) is 36.4 Å². The number of halogens is 1. The number of hydrogen-bond donors (Lipinski definition) is 0. The monoisotopic (exact) mass is 334 g/mol. The van der Waals surface area contributed by atoms with Crippen LogP contribution in [0.25, 0.3) is 5.69 Å². The second kappa shape index (κ2) is 6.32. The molecule has 3 aromatic rings. The van der Waals surface area contributed by atoms with Crippen molar-refractivity contribution in [2.45, 2.75) is 6.42 Å². The molecule has 5 nitrogen and oxygen atoms in total. The molecule has 0 bridgehead atoms. The van der Waals surface area contributed by atoms with Crippen molar-refractivity contribution < 1.29 is 9.18 Å². The maximum Gasteiger partial charge on any atom is 0.160 e. The average Bonchev–Trinajstić information content (AvgIpc) is 3.12. The van der Waals surface area contributed by atoms with E-state index in [0.717, 1.165) is 11.4 Å². The van der Waals surface area contributed by atoms with E-state index >= 15 is 0 Å². The summed E-state index contributed by atoms with van der Waals surface area (Å²) in [6.45, 7) is 0.0594. The van der Waals surface area contributed by atoms with Gasteiger partial charge >= 0.3 is 0 Å². The van der Waals surface area contributed by atoms with Gasteiger partial charge in [0.15, 0.2) is 5.78 Å². The number of anilines is 1. The summed E-state index contributed by atoms with van der Waals surface area (Å²) in [5, 5.41) is 10.3. The standard InChI is InChI=1S/C19H15FN4O/c20-16-8-4-5-9-18(16)23-13-15(25)12-17(22-23)19-10-11-21-24(19)14-6-2-1-3-7-14/h1-11H,12-13H2. The van der Waals surface area contributed by atoms with Crippen LogP contribution in [0.15, 0.2) is 72.0 Å². The average molecular weight is 334 g/mol. The topological polar surface area (TPSA) is 50.5 Å². The molecular weight excluding hydrogens is 319 g/mol. The number of rotatable bonds is 3. The summed E-state index contributed by atoms with van der Waals surface area (Å²) in [5.74, 6) is -0.425. The number of Topliss-reactive ketones (excluding diaryl/α,β-unsaturated/α-hetero) is 1. The normalized spacial score (nSPS) is 14.5. The molecule has 0 fully saturated rings. The van der Waals surface area contributed by atoms with Crippen LogP contribution in [0.1, 0.15) is 12.1 Å². The minimum atomic E-state index is -0.406. The molecule has 4 rings (SSSR count). The van der Waals surface area contributed by atoms with Gasteiger partial charge in [-0.25, -0.2) is 9.07 Å². The summed E-state index contributed by atoms with van der Waals surface area (Å²) < 4.78 is 15.8. The van der Waals surface area contributed by atoms with E-state index in [1.54, 1.807) is 29.1 Å². The van der Waals surface area contributed by atoms with E-state index in [4.69, 9.17) is 0 Å². The highest BCUT2D eigenvalue weighted by atomic mass is 19.1. The number of aromatic nitrogens is 2. The lowest BCUT2D eigenvalue weighted by molar-refractivity contribution is -0.116. The molecule has 0 radical (unpaired) electrons. The third-order valence-electron chi connectivity index (χ3n) is 4.00. The molecular formula is C19H15FN4O. The summed E-state index contributed by atoms with van der Waals surface area (Å²) in [6, 6.07) is 17.7. The van der Waals surface area contributed by atoms with Crippen LogP contribution in [0.2, 0.25) is 0 Å². The molecule has 1 aromatic heterocycles. The smallest absolute Gasteiger partial charge is 0.160 e. The van der Waals surface area contributed by atoms with Crippen molar-refractivity contribution in [1.82, 2.24) is 9.78 Å². The molecule has 0 amide bonds. The molecule has 0 unspecified atom stereocenters. The van der Waals surface area contributed by atoms with Crippen LogP contribution < -0.4 is 5.01 Å². The van der Waals surface area contributed by atoms with E-state index < -0.39 is 5.82 Å². The highest BCUT2D eigenvalue weighted by molar-refractivity contribution is 6.13. The summed E-state index contributed by atoms with van der Waals surface area (Å²) >= 11 is 0. The van der Waals surface area contributed by atoms with Crippen molar-refractivity contribution >= 4 is 17.2 Å². The summed E-state index contributed by atoms with van der Waals surface area (Å²) in [5.41, 5.74) is 2.46. The number of carbonyl (C=O) groups is 1. The van der Waals surface area contributed by atoms with Crippen molar-refractivity contribution in [2.24, 2.45) is 5.10 Å². The molecule has 0 aliphatic carbocycles. The predicted molar refractivity (Wildman–Crippen MR) is 93.5 cm³/mol. The van der Waals surface area contributed by atoms with Crippen LogP contribution >= 0.6 is 0 Å². The maximum absolute atomic E-state index is 14.1. The second-order valence-electron chi connectivity index (χ2n) is 5.74. The summed E-state index contributed by atoms with van der Waals surface area (Å²) in [4.78, 5) is 12.2. The number of hydrazone groups is 1. The number of hydrogen-bond acceptors (Lipinski definition) is 4. The first-order valence-electron chi connectivity index (χ1n) is 7.93. The van der Waals surface area contributed by atoms with Gasteiger partial charge in [0.05, 0.1) is 35.4 Å². The molecule has 1 aliphatic rings. The number of para-hydroxylation sites is 2. The van der Waals surface area contributed by atoms with Crippen LogP contribution in [-0.4, -0.2) is 27.8 Å². The first-order valence-corrected chi connectivity index (χ1v) is 7.93. The van der Waals surface area contributed by atoms with Gasteiger partial charge in [0, 0.05) is 0 Å². The van der Waals surface area contributed by atoms with Crippen molar-refractivity contribution in [3.63, 3.8) is 0 Å². The molecule has 2 heterocycles. The fraction of sp³-hybridized carbons (Fsp3) is 0.105. The van der Waals surface area contributed by atoms with Gasteiger partial charge in [-0.15, -0.1) is 0 Å². The summed E-state index contributed by atoms with van der Waals surface area (Å²) in [7, 11) is 0. The Bertz CT molecular complexity index is 949. The fourth-order valence-electron chi connectivity index (χ4n) is 2.86. The Morgan fingerprint density at radius 1 is 0.960 bits per heavy atom. The predicted octanol–water partition coefficient (Wildman–Crippen LogP) is 3.19. The highest BCUT2D eigenvalue weighted by Crippen LogP contribution is 2.23. The van der Waals surface area contributed by atoms with Gasteiger partial charge in [0.2, 0.25) is 0 Å². The number of carbonyl (C=O) groups excluding carboxylic acids is 1. The zero-order valence-corrected chi connectivity index (χ0v) is 13.3. The van der Waals surface area contributed by atoms with Crippen molar-refractivity contribution in [3.8, 4) is 5.69 Å². The lowest BCUT2D eigenvalue weighted by Gasteiger charge is -2.25. The fourth-order valence-corrected chi connectivity index (χ4v) is 2.86. The molecule has 0 saturated carbocycles. The molecule has 6 heteroatoms. The van der Waals surface area contributed by atoms with Gasteiger partial charge in [-0.05, 0) is 30.3 Å². The zero-order chi connectivity index (χ0) is 17.2. The van der Waals surface area contributed by atoms with E-state index in [-0.39, 0.29) is 18.7 Å². The zero-order valence-electron chi connectivity index (χ0n) is 13.3. The first kappa shape index (κ1) is 15.3. The van der Waals surface area contributed by atoms with Crippen LogP contribution in [-0.2, 0) is 4.79 Å². The highest BCUT2D eigenvalue weighted by Gasteiger charge is 2.25. The lowest BCUT2D eigenvalue weighted by Crippen LogP contribution is -2.34. The Morgan fingerprint density at radius 2 is 1.72 bits per heavy atom. The van der Waals surface area contributed by atoms with Crippen LogP contribution in [0.3, 0.4) is 0 Å². The van der Waals surface area contributed by atoms with Crippen molar-refractivity contribution in [3.05, 3.63) is 78.4 Å². The van der Waals surface area contributed by atoms with Crippen LogP contribution in [0, 0.1) is 5.82 Å². The van der Waals surface area contributed by atoms with Crippen molar-refractivity contribution in [1.29, 1.82) is 0 Å². The first-order chi connectivity index (χ1) is 12.2. The van der Waals surface area contributed by atoms with Crippen molar-refractivity contribution in [2.75, 3.05) is 11.6 Å². The SMILES string of the molecule is O=C1CC(c2ccnn2-c2ccccc2)=NN(c2ccccc2F)C1. The molecule has 0 N–H and O–H groups in total. The third-order valence-corrected chi connectivity index (χ3v) is 4.00. The largest absolute Gasteiger partial charge is 0.297 e. The summed E-state index contributed by atoms with van der Waals surface area (Å²) in [6.07, 6.45) is 1.86. The third kappa shape index (κ3) is 2.94. The molecule has 0 saturated heterocycles. The van der Waals surface area contributed by atoms with E-state index in [2.05, 4.69) is 10.2 Å². The minimum absolute atomic E-state index is 0.0194. The van der Waals surface area contributed by atoms with Gasteiger partial charge in [0.25, 0.3) is 0 Å². The molecule has 0 spiro atoms. The minimum Gasteiger partial charge on any atom is -0.297 e. The van der Waals surface area contributed by atoms with Gasteiger partial charge in [-0.2, -0.15) is 10.2 Å². The van der Waals surface area contributed by atoms with Crippen LogP contribution in [0.4, 0.5) is 10.1 Å². The number of ketones is 1. The van der Waals surface area contributed by atoms with Gasteiger partial charge in [-0.3, -0.25) is 9.80 Å². The second-order valence-corrected chi connectivity index (χ2v) is 5.74. The maximum atomic E-state index is 14.1. The number of benzene rings is 2. The quantitative estimate of drug-likeness (QED) is 0.739. The number of nitrogens with zero attached hydrogens (tertiary/aromatic N) is 4. The van der Waals surface area contributed by atoms with Crippen LogP contribution in [0.5, 0.6) is 0 Å². The molecule has 25 heavy (non-hydrogen) atoms. The molecule has 1 aliphatic heterocycles. The Hall–Kier alpha value is -3.28. The Balaban J connectivity index is 1.77. The molecule has 124 valence electrons. The van der Waals surface area contributed by atoms with E-state index in [0.29, 0.717) is 11.4 Å². The Morgan fingerprint density at radius 3 is 2.52 bits per heavy atom. The molecule has 0 atom stereocenters.